The van der Waals surface area contributed by atoms with E-state index in [1.807, 2.05) is 25.3 Å². The highest BCUT2D eigenvalue weighted by Crippen LogP contribution is 2.27. The Balaban J connectivity index is 1.95. The van der Waals surface area contributed by atoms with E-state index in [0.717, 1.165) is 23.4 Å². The molecule has 1 aliphatic heterocycles. The van der Waals surface area contributed by atoms with Crippen LogP contribution in [0.3, 0.4) is 0 Å². The average Bonchev–Trinajstić information content (AvgIpc) is 2.68. The predicted octanol–water partition coefficient (Wildman–Crippen LogP) is 4.85. The van der Waals surface area contributed by atoms with E-state index >= 15 is 0 Å². The van der Waals surface area contributed by atoms with Gasteiger partial charge in [-0.15, -0.1) is 0 Å². The van der Waals surface area contributed by atoms with Crippen LogP contribution in [0, 0.1) is 0 Å². The molecule has 0 saturated carbocycles. The highest BCUT2D eigenvalue weighted by atomic mass is 15.2. The summed E-state index contributed by atoms with van der Waals surface area (Å²) in [6.07, 6.45) is 8.10. The predicted molar refractivity (Wildman–Crippen MR) is 108 cm³/mol. The highest BCUT2D eigenvalue weighted by Gasteiger charge is 2.16. The Labute approximate surface area is 150 Å². The number of benzene rings is 2. The first kappa shape index (κ1) is 17.0. The van der Waals surface area contributed by atoms with Gasteiger partial charge in [0.2, 0.25) is 0 Å². The van der Waals surface area contributed by atoms with Crippen molar-refractivity contribution in [2.75, 3.05) is 13.7 Å². The number of nitrogens with one attached hydrogen (secondary N) is 1. The van der Waals surface area contributed by atoms with E-state index in [9.17, 15) is 0 Å². The first-order valence-corrected chi connectivity index (χ1v) is 8.50. The molecule has 126 valence electrons. The van der Waals surface area contributed by atoms with Crippen LogP contribution in [-0.4, -0.2) is 24.7 Å². The van der Waals surface area contributed by atoms with Gasteiger partial charge in [0.05, 0.1) is 12.7 Å². The summed E-state index contributed by atoms with van der Waals surface area (Å²) in [5.41, 5.74) is 5.85. The van der Waals surface area contributed by atoms with Crippen molar-refractivity contribution >= 4 is 5.57 Å². The van der Waals surface area contributed by atoms with Gasteiger partial charge in [-0.1, -0.05) is 79.9 Å². The summed E-state index contributed by atoms with van der Waals surface area (Å²) in [5.74, 6) is 0. The molecule has 3 rings (SSSR count). The van der Waals surface area contributed by atoms with Gasteiger partial charge in [0.15, 0.2) is 0 Å². The number of hydrogen-bond acceptors (Lipinski definition) is 2. The van der Waals surface area contributed by atoms with Gasteiger partial charge < -0.3 is 4.90 Å². The van der Waals surface area contributed by atoms with Crippen molar-refractivity contribution < 1.29 is 0 Å². The van der Waals surface area contributed by atoms with E-state index < -0.39 is 0 Å². The summed E-state index contributed by atoms with van der Waals surface area (Å²) >= 11 is 0. The molecule has 0 bridgehead atoms. The summed E-state index contributed by atoms with van der Waals surface area (Å²) in [6.45, 7) is 8.87. The molecule has 2 aromatic carbocycles. The molecule has 2 aromatic rings. The maximum Gasteiger partial charge on any atom is 0.0680 e. The second-order valence-corrected chi connectivity index (χ2v) is 6.16. The van der Waals surface area contributed by atoms with Crippen molar-refractivity contribution in [1.82, 2.24) is 10.2 Å². The fraction of sp³-hybridized carbons (Fsp3) is 0.130. The van der Waals surface area contributed by atoms with Crippen LogP contribution in [0.5, 0.6) is 0 Å². The zero-order chi connectivity index (χ0) is 17.6. The number of hydrogen-bond donors (Lipinski definition) is 1. The lowest BCUT2D eigenvalue weighted by atomic mass is 9.93. The molecule has 1 atom stereocenters. The van der Waals surface area contributed by atoms with Crippen molar-refractivity contribution in [3.63, 3.8) is 0 Å². The smallest absolute Gasteiger partial charge is 0.0680 e. The normalized spacial score (nSPS) is 17.8. The van der Waals surface area contributed by atoms with Crippen LogP contribution in [0.4, 0.5) is 0 Å². The van der Waals surface area contributed by atoms with Gasteiger partial charge in [0.1, 0.15) is 0 Å². The van der Waals surface area contributed by atoms with Gasteiger partial charge in [-0.2, -0.15) is 0 Å². The minimum Gasteiger partial charge on any atom is -0.368 e. The molecule has 0 spiro atoms. The molecular formula is C23H24N2. The first-order chi connectivity index (χ1) is 12.2. The van der Waals surface area contributed by atoms with Gasteiger partial charge in [0, 0.05) is 7.05 Å². The lowest BCUT2D eigenvalue weighted by molar-refractivity contribution is 0.376. The third-order valence-electron chi connectivity index (χ3n) is 4.47. The van der Waals surface area contributed by atoms with E-state index in [2.05, 4.69) is 84.2 Å². The maximum atomic E-state index is 4.03. The molecule has 0 radical (unpaired) electrons. The molecule has 2 nitrogen and oxygen atoms in total. The lowest BCUT2D eigenvalue weighted by Gasteiger charge is -2.27. The van der Waals surface area contributed by atoms with E-state index in [1.54, 1.807) is 0 Å². The molecule has 1 unspecified atom stereocenters. The summed E-state index contributed by atoms with van der Waals surface area (Å²) in [4.78, 5) is 2.11. The second-order valence-electron chi connectivity index (χ2n) is 6.16. The molecule has 2 heteroatoms. The Morgan fingerprint density at radius 2 is 1.68 bits per heavy atom. The molecule has 1 aliphatic rings. The minimum atomic E-state index is 0.149. The Morgan fingerprint density at radius 1 is 1.00 bits per heavy atom. The molecule has 25 heavy (non-hydrogen) atoms. The monoisotopic (exact) mass is 328 g/mol. The molecule has 0 aliphatic carbocycles. The van der Waals surface area contributed by atoms with Gasteiger partial charge in [-0.3, -0.25) is 5.32 Å². The van der Waals surface area contributed by atoms with Crippen LogP contribution in [0.1, 0.15) is 5.56 Å². The zero-order valence-corrected chi connectivity index (χ0v) is 14.7. The van der Waals surface area contributed by atoms with Gasteiger partial charge in [0.25, 0.3) is 0 Å². The Bertz CT molecular complexity index is 798. The van der Waals surface area contributed by atoms with Crippen molar-refractivity contribution in [2.24, 2.45) is 0 Å². The first-order valence-electron chi connectivity index (χ1n) is 8.50. The summed E-state index contributed by atoms with van der Waals surface area (Å²) in [6, 6.07) is 19.2. The topological polar surface area (TPSA) is 15.3 Å². The molecule has 0 fully saturated rings. The SMILES string of the molecule is C=C/C(=C(\C=C)C1C=CN(C)CN1)c1ccc(-c2ccccc2)cc1. The van der Waals surface area contributed by atoms with Crippen molar-refractivity contribution in [1.29, 1.82) is 0 Å². The Morgan fingerprint density at radius 3 is 2.24 bits per heavy atom. The molecule has 0 aromatic heterocycles. The molecule has 1 heterocycles. The fourth-order valence-corrected chi connectivity index (χ4v) is 3.09. The Hall–Kier alpha value is -2.84. The number of rotatable bonds is 5. The van der Waals surface area contributed by atoms with Gasteiger partial charge in [-0.25, -0.2) is 0 Å². The average molecular weight is 328 g/mol. The van der Waals surface area contributed by atoms with E-state index in [1.165, 1.54) is 11.1 Å². The summed E-state index contributed by atoms with van der Waals surface area (Å²) in [5, 5.41) is 3.50. The molecular weight excluding hydrogens is 304 g/mol. The third kappa shape index (κ3) is 3.81. The highest BCUT2D eigenvalue weighted by molar-refractivity contribution is 5.80. The van der Waals surface area contributed by atoms with Crippen LogP contribution in [0.2, 0.25) is 0 Å². The maximum absolute atomic E-state index is 4.03. The van der Waals surface area contributed by atoms with E-state index in [0.29, 0.717) is 0 Å². The van der Waals surface area contributed by atoms with Crippen LogP contribution in [0.15, 0.2) is 97.8 Å². The van der Waals surface area contributed by atoms with Gasteiger partial charge in [-0.05, 0) is 40.1 Å². The van der Waals surface area contributed by atoms with E-state index in [4.69, 9.17) is 0 Å². The van der Waals surface area contributed by atoms with Crippen molar-refractivity contribution in [3.8, 4) is 11.1 Å². The summed E-state index contributed by atoms with van der Waals surface area (Å²) < 4.78 is 0. The van der Waals surface area contributed by atoms with Crippen LogP contribution >= 0.6 is 0 Å². The molecule has 1 N–H and O–H groups in total. The largest absolute Gasteiger partial charge is 0.368 e. The standard InChI is InChI=1S/C23H24N2/c1-4-21(22(5-2)23-15-16-25(3)17-24-23)20-13-11-19(12-14-20)18-9-7-6-8-10-18/h4-16,23-24H,1-2,17H2,3H3/b22-21-. The van der Waals surface area contributed by atoms with Crippen molar-refractivity contribution in [3.05, 3.63) is 103 Å². The Kier molecular flexibility index (Phi) is 5.32. The van der Waals surface area contributed by atoms with Crippen LogP contribution < -0.4 is 5.32 Å². The minimum absolute atomic E-state index is 0.149. The lowest BCUT2D eigenvalue weighted by Crippen LogP contribution is -2.40. The third-order valence-corrected chi connectivity index (χ3v) is 4.47. The summed E-state index contributed by atoms with van der Waals surface area (Å²) in [7, 11) is 2.05. The van der Waals surface area contributed by atoms with E-state index in [-0.39, 0.29) is 6.04 Å². The quantitative estimate of drug-likeness (QED) is 0.789. The van der Waals surface area contributed by atoms with Crippen LogP contribution in [0.25, 0.3) is 16.7 Å². The van der Waals surface area contributed by atoms with Crippen molar-refractivity contribution in [2.45, 2.75) is 6.04 Å². The van der Waals surface area contributed by atoms with Gasteiger partial charge >= 0.3 is 0 Å². The molecule has 0 amide bonds. The zero-order valence-electron chi connectivity index (χ0n) is 14.7. The fourth-order valence-electron chi connectivity index (χ4n) is 3.09. The molecule has 0 saturated heterocycles. The van der Waals surface area contributed by atoms with Crippen LogP contribution in [-0.2, 0) is 0 Å². The number of nitrogens with zero attached hydrogens (tertiary/aromatic N) is 1. The number of allylic oxidation sites excluding steroid dienone is 2. The second kappa shape index (κ2) is 7.82.